The van der Waals surface area contributed by atoms with E-state index in [9.17, 15) is 8.42 Å². The van der Waals surface area contributed by atoms with Gasteiger partial charge in [-0.2, -0.15) is 0 Å². The number of rotatable bonds is 6. The molecule has 0 atom stereocenters. The molecule has 176 valence electrons. The molecule has 0 saturated heterocycles. The van der Waals surface area contributed by atoms with Gasteiger partial charge in [0.1, 0.15) is 5.76 Å². The quantitative estimate of drug-likeness (QED) is 0.304. The summed E-state index contributed by atoms with van der Waals surface area (Å²) in [6, 6.07) is 22.4. The van der Waals surface area contributed by atoms with Crippen molar-refractivity contribution in [3.05, 3.63) is 78.2 Å². The normalized spacial score (nSPS) is 13.9. The molecule has 0 spiro atoms. The summed E-state index contributed by atoms with van der Waals surface area (Å²) >= 11 is 0. The van der Waals surface area contributed by atoms with Crippen molar-refractivity contribution in [2.75, 3.05) is 4.72 Å². The fraction of sp³-hybridized carbons (Fsp3) is 0.185. The number of fused-ring (bicyclic) bond motifs is 1. The molecule has 2 aromatic heterocycles. The fourth-order valence-electron chi connectivity index (χ4n) is 4.59. The van der Waals surface area contributed by atoms with Crippen molar-refractivity contribution < 1.29 is 12.9 Å². The van der Waals surface area contributed by atoms with Crippen LogP contribution in [0.1, 0.15) is 24.3 Å². The van der Waals surface area contributed by atoms with Crippen molar-refractivity contribution in [2.24, 2.45) is 0 Å². The summed E-state index contributed by atoms with van der Waals surface area (Å²) in [5, 5.41) is 3.79. The smallest absolute Gasteiger partial charge is 0.237 e. The fourth-order valence-corrected chi connectivity index (χ4v) is 5.88. The first kappa shape index (κ1) is 21.6. The highest BCUT2D eigenvalue weighted by Gasteiger charge is 2.36. The van der Waals surface area contributed by atoms with E-state index in [4.69, 9.17) is 9.51 Å². The van der Waals surface area contributed by atoms with Crippen molar-refractivity contribution in [2.45, 2.75) is 31.9 Å². The van der Waals surface area contributed by atoms with Crippen LogP contribution in [0.5, 0.6) is 0 Å². The number of aromatic amines is 1. The molecule has 5 aromatic rings. The molecule has 6 rings (SSSR count). The highest BCUT2D eigenvalue weighted by atomic mass is 32.2. The van der Waals surface area contributed by atoms with E-state index in [1.165, 1.54) is 0 Å². The molecule has 1 fully saturated rings. The van der Waals surface area contributed by atoms with Gasteiger partial charge in [0.2, 0.25) is 16.0 Å². The molecule has 1 aliphatic rings. The average Bonchev–Trinajstić information content (AvgIpc) is 3.57. The molecule has 0 radical (unpaired) electrons. The monoisotopic (exact) mass is 484 g/mol. The molecule has 0 bridgehead atoms. The molecule has 3 aromatic carbocycles. The van der Waals surface area contributed by atoms with Crippen LogP contribution >= 0.6 is 0 Å². The zero-order valence-corrected chi connectivity index (χ0v) is 20.2. The SMILES string of the molecule is Cc1noc(C)c1-c1cc(-c2ccccc2-c2ccccc2)c2nc(NS(=O)(=O)C3CC3)[nH]c2c1. The highest BCUT2D eigenvalue weighted by Crippen LogP contribution is 2.40. The maximum Gasteiger partial charge on any atom is 0.237 e. The molecule has 1 aliphatic carbocycles. The zero-order chi connectivity index (χ0) is 24.2. The van der Waals surface area contributed by atoms with Crippen molar-refractivity contribution in [1.82, 2.24) is 15.1 Å². The third-order valence-electron chi connectivity index (χ3n) is 6.41. The lowest BCUT2D eigenvalue weighted by Crippen LogP contribution is -2.18. The van der Waals surface area contributed by atoms with E-state index in [-0.39, 0.29) is 11.2 Å². The second kappa shape index (κ2) is 8.09. The number of benzene rings is 3. The number of hydrogen-bond acceptors (Lipinski definition) is 5. The first-order chi connectivity index (χ1) is 16.9. The van der Waals surface area contributed by atoms with Crippen LogP contribution in [0.3, 0.4) is 0 Å². The minimum Gasteiger partial charge on any atom is -0.361 e. The molecule has 35 heavy (non-hydrogen) atoms. The molecule has 2 heterocycles. The molecule has 0 unspecified atom stereocenters. The minimum atomic E-state index is -3.45. The number of imidazole rings is 1. The molecular weight excluding hydrogens is 460 g/mol. The second-order valence-corrected chi connectivity index (χ2v) is 10.9. The van der Waals surface area contributed by atoms with Gasteiger partial charge in [-0.15, -0.1) is 0 Å². The number of aryl methyl sites for hydroxylation is 2. The van der Waals surface area contributed by atoms with Gasteiger partial charge < -0.3 is 9.51 Å². The predicted molar refractivity (Wildman–Crippen MR) is 138 cm³/mol. The first-order valence-corrected chi connectivity index (χ1v) is 13.1. The standard InChI is InChI=1S/C27H24N4O3S/c1-16-25(17(2)34-30-16)19-14-23(22-11-7-6-10-21(22)18-8-4-3-5-9-18)26-24(15-19)28-27(29-26)31-35(32,33)20-12-13-20/h3-11,14-15,20H,12-13H2,1-2H3,(H2,28,29,31). The average molecular weight is 485 g/mol. The summed E-state index contributed by atoms with van der Waals surface area (Å²) in [6.45, 7) is 3.80. The third kappa shape index (κ3) is 3.89. The maximum atomic E-state index is 12.6. The Kier molecular flexibility index (Phi) is 5.00. The van der Waals surface area contributed by atoms with Crippen LogP contribution in [-0.2, 0) is 10.0 Å². The second-order valence-electron chi connectivity index (χ2n) is 8.96. The number of anilines is 1. The summed E-state index contributed by atoms with van der Waals surface area (Å²) in [7, 11) is -3.45. The van der Waals surface area contributed by atoms with Crippen molar-refractivity contribution in [3.63, 3.8) is 0 Å². The summed E-state index contributed by atoms with van der Waals surface area (Å²) in [4.78, 5) is 7.89. The van der Waals surface area contributed by atoms with Gasteiger partial charge in [-0.1, -0.05) is 59.8 Å². The summed E-state index contributed by atoms with van der Waals surface area (Å²) in [5.74, 6) is 0.944. The van der Waals surface area contributed by atoms with Crippen molar-refractivity contribution in [1.29, 1.82) is 0 Å². The van der Waals surface area contributed by atoms with Crippen LogP contribution in [0.2, 0.25) is 0 Å². The summed E-state index contributed by atoms with van der Waals surface area (Å²) in [6.07, 6.45) is 1.36. The topological polar surface area (TPSA) is 101 Å². The number of sulfonamides is 1. The van der Waals surface area contributed by atoms with Crippen LogP contribution in [0, 0.1) is 13.8 Å². The third-order valence-corrected chi connectivity index (χ3v) is 8.24. The Balaban J connectivity index is 1.59. The number of H-pyrrole nitrogens is 1. The maximum absolute atomic E-state index is 12.6. The highest BCUT2D eigenvalue weighted by molar-refractivity contribution is 7.93. The molecule has 2 N–H and O–H groups in total. The van der Waals surface area contributed by atoms with E-state index in [0.29, 0.717) is 18.4 Å². The van der Waals surface area contributed by atoms with Gasteiger partial charge in [-0.05, 0) is 61.1 Å². The lowest BCUT2D eigenvalue weighted by Gasteiger charge is -2.12. The van der Waals surface area contributed by atoms with Gasteiger partial charge in [0.25, 0.3) is 0 Å². The Morgan fingerprint density at radius 3 is 2.31 bits per heavy atom. The van der Waals surface area contributed by atoms with Gasteiger partial charge >= 0.3 is 0 Å². The van der Waals surface area contributed by atoms with Crippen LogP contribution < -0.4 is 4.72 Å². The Labute approximate surface area is 203 Å². The van der Waals surface area contributed by atoms with E-state index in [2.05, 4.69) is 45.2 Å². The lowest BCUT2D eigenvalue weighted by atomic mass is 9.91. The first-order valence-electron chi connectivity index (χ1n) is 11.5. The predicted octanol–water partition coefficient (Wildman–Crippen LogP) is 6.07. The van der Waals surface area contributed by atoms with Gasteiger partial charge in [0.15, 0.2) is 0 Å². The zero-order valence-electron chi connectivity index (χ0n) is 19.4. The van der Waals surface area contributed by atoms with Gasteiger partial charge in [0.05, 0.1) is 22.0 Å². The van der Waals surface area contributed by atoms with E-state index < -0.39 is 10.0 Å². The Morgan fingerprint density at radius 1 is 0.914 bits per heavy atom. The molecule has 0 amide bonds. The number of nitrogens with zero attached hydrogens (tertiary/aromatic N) is 2. The Hall–Kier alpha value is -3.91. The van der Waals surface area contributed by atoms with Crippen LogP contribution in [0.4, 0.5) is 5.95 Å². The molecule has 8 heteroatoms. The van der Waals surface area contributed by atoms with E-state index in [1.807, 2.05) is 50.2 Å². The number of hydrogen-bond donors (Lipinski definition) is 2. The number of nitrogens with one attached hydrogen (secondary N) is 2. The van der Waals surface area contributed by atoms with Crippen LogP contribution in [-0.4, -0.2) is 28.8 Å². The van der Waals surface area contributed by atoms with Gasteiger partial charge in [-0.25, -0.2) is 13.4 Å². The van der Waals surface area contributed by atoms with Gasteiger partial charge in [0, 0.05) is 11.1 Å². The minimum absolute atomic E-state index is 0.223. The van der Waals surface area contributed by atoms with Gasteiger partial charge in [-0.3, -0.25) is 4.72 Å². The molecule has 7 nitrogen and oxygen atoms in total. The summed E-state index contributed by atoms with van der Waals surface area (Å²) < 4.78 is 33.3. The van der Waals surface area contributed by atoms with Crippen LogP contribution in [0.15, 0.2) is 71.3 Å². The Bertz CT molecular complexity index is 1650. The van der Waals surface area contributed by atoms with Crippen molar-refractivity contribution >= 4 is 27.0 Å². The van der Waals surface area contributed by atoms with Crippen molar-refractivity contribution in [3.8, 4) is 33.4 Å². The number of aromatic nitrogens is 3. The van der Waals surface area contributed by atoms with E-state index in [1.54, 1.807) is 0 Å². The summed E-state index contributed by atoms with van der Waals surface area (Å²) in [5.41, 5.74) is 8.10. The van der Waals surface area contributed by atoms with E-state index >= 15 is 0 Å². The molecule has 0 aliphatic heterocycles. The largest absolute Gasteiger partial charge is 0.361 e. The van der Waals surface area contributed by atoms with E-state index in [0.717, 1.165) is 50.4 Å². The molecular formula is C27H24N4O3S. The molecule has 1 saturated carbocycles. The Morgan fingerprint density at radius 2 is 1.63 bits per heavy atom. The lowest BCUT2D eigenvalue weighted by molar-refractivity contribution is 0.393. The van der Waals surface area contributed by atoms with Crippen LogP contribution in [0.25, 0.3) is 44.4 Å².